The molecule has 0 saturated heterocycles. The van der Waals surface area contributed by atoms with Gasteiger partial charge in [-0.05, 0) is 91.4 Å². The maximum atomic E-state index is 13.1. The number of unbranched alkanes of at least 4 members (excludes halogenated alkanes) is 4. The third-order valence-electron chi connectivity index (χ3n) is 8.81. The Hall–Kier alpha value is -1.60. The number of nitrogens with one attached hydrogen (secondary N) is 1. The van der Waals surface area contributed by atoms with Crippen molar-refractivity contribution in [1.82, 2.24) is 5.32 Å². The summed E-state index contributed by atoms with van der Waals surface area (Å²) < 4.78 is 27.5. The maximum absolute atomic E-state index is 13.1. The van der Waals surface area contributed by atoms with Crippen LogP contribution in [0.2, 0.25) is 0 Å². The van der Waals surface area contributed by atoms with Crippen LogP contribution in [0.4, 0.5) is 0 Å². The second kappa shape index (κ2) is 9.95. The molecule has 3 aliphatic carbocycles. The van der Waals surface area contributed by atoms with Crippen molar-refractivity contribution in [3.05, 3.63) is 29.3 Å². The number of carbonyl (C=O) groups excluding carboxylic acids is 1. The van der Waals surface area contributed by atoms with Gasteiger partial charge in [-0.1, -0.05) is 45.6 Å². The van der Waals surface area contributed by atoms with E-state index in [1.165, 1.54) is 36.8 Å². The van der Waals surface area contributed by atoms with Crippen LogP contribution >= 0.6 is 0 Å². The molecule has 3 N–H and O–H groups in total. The topological polar surface area (TPSA) is 98.5 Å². The van der Waals surface area contributed by atoms with Crippen molar-refractivity contribution in [1.29, 1.82) is 0 Å². The molecular weight excluding hydrogens is 436 g/mol. The first-order chi connectivity index (χ1) is 15.7. The van der Waals surface area contributed by atoms with Gasteiger partial charge >= 0.3 is 10.3 Å². The van der Waals surface area contributed by atoms with Gasteiger partial charge in [0, 0.05) is 12.5 Å². The minimum absolute atomic E-state index is 0.0850. The number of benzene rings is 1. The maximum Gasteiger partial charge on any atom is 0.380 e. The van der Waals surface area contributed by atoms with Crippen molar-refractivity contribution >= 4 is 16.2 Å². The van der Waals surface area contributed by atoms with E-state index in [0.29, 0.717) is 23.5 Å². The zero-order valence-electron chi connectivity index (χ0n) is 20.1. The summed E-state index contributed by atoms with van der Waals surface area (Å²) in [4.78, 5) is 13.1. The summed E-state index contributed by atoms with van der Waals surface area (Å²) in [6.07, 6.45) is 12.4. The molecule has 6 nitrogen and oxygen atoms in total. The summed E-state index contributed by atoms with van der Waals surface area (Å²) in [6.45, 7) is 5.39. The van der Waals surface area contributed by atoms with E-state index in [1.54, 1.807) is 6.07 Å². The molecule has 0 bridgehead atoms. The summed E-state index contributed by atoms with van der Waals surface area (Å²) in [7, 11) is -4.01. The largest absolute Gasteiger partial charge is 0.380 e. The number of aryl methyl sites for hydroxylation is 1. The zero-order valence-corrected chi connectivity index (χ0v) is 21.0. The third kappa shape index (κ3) is 5.24. The zero-order chi connectivity index (χ0) is 23.6. The van der Waals surface area contributed by atoms with Crippen LogP contribution in [0.5, 0.6) is 5.75 Å². The van der Waals surface area contributed by atoms with Crippen molar-refractivity contribution in [2.45, 2.75) is 90.4 Å². The van der Waals surface area contributed by atoms with Gasteiger partial charge in [-0.25, -0.2) is 0 Å². The van der Waals surface area contributed by atoms with Crippen LogP contribution in [0.15, 0.2) is 18.2 Å². The van der Waals surface area contributed by atoms with Gasteiger partial charge in [-0.3, -0.25) is 4.79 Å². The third-order valence-corrected chi connectivity index (χ3v) is 9.23. The molecule has 4 rings (SSSR count). The van der Waals surface area contributed by atoms with E-state index >= 15 is 0 Å². The first-order valence-corrected chi connectivity index (χ1v) is 14.3. The minimum Gasteiger partial charge on any atom is -0.371 e. The molecule has 0 aromatic heterocycles. The van der Waals surface area contributed by atoms with E-state index in [9.17, 15) is 13.2 Å². The second-order valence-electron chi connectivity index (χ2n) is 10.7. The smallest absolute Gasteiger partial charge is 0.371 e. The van der Waals surface area contributed by atoms with Gasteiger partial charge in [0.05, 0.1) is 0 Å². The Bertz CT molecular complexity index is 963. The highest BCUT2D eigenvalue weighted by Gasteiger charge is 2.56. The lowest BCUT2D eigenvalue weighted by Crippen LogP contribution is -2.46. The fraction of sp³-hybridized carbons (Fsp3) is 0.731. The van der Waals surface area contributed by atoms with Crippen LogP contribution in [0, 0.1) is 23.2 Å². The SMILES string of the molecule is CCCCCCCNC(=O)[C@H]1CCC2C3CCc4cc(OS(N)(=O)=O)ccc4C3CCC21C. The molecule has 2 saturated carbocycles. The molecule has 0 heterocycles. The van der Waals surface area contributed by atoms with E-state index in [-0.39, 0.29) is 17.2 Å². The minimum atomic E-state index is -4.01. The Morgan fingerprint density at radius 2 is 1.94 bits per heavy atom. The summed E-state index contributed by atoms with van der Waals surface area (Å²) in [5, 5.41) is 8.30. The van der Waals surface area contributed by atoms with E-state index in [2.05, 4.69) is 19.2 Å². The predicted molar refractivity (Wildman–Crippen MR) is 130 cm³/mol. The van der Waals surface area contributed by atoms with Crippen LogP contribution in [0.25, 0.3) is 0 Å². The van der Waals surface area contributed by atoms with Crippen molar-refractivity contribution < 1.29 is 17.4 Å². The van der Waals surface area contributed by atoms with E-state index < -0.39 is 10.3 Å². The van der Waals surface area contributed by atoms with Gasteiger partial charge in [-0.2, -0.15) is 13.6 Å². The fourth-order valence-electron chi connectivity index (χ4n) is 7.24. The van der Waals surface area contributed by atoms with Gasteiger partial charge in [0.15, 0.2) is 0 Å². The Balaban J connectivity index is 1.40. The van der Waals surface area contributed by atoms with Crippen LogP contribution in [-0.2, 0) is 21.5 Å². The molecule has 5 atom stereocenters. The van der Waals surface area contributed by atoms with E-state index in [4.69, 9.17) is 9.32 Å². The first-order valence-electron chi connectivity index (χ1n) is 12.9. The molecule has 1 amide bonds. The van der Waals surface area contributed by atoms with Gasteiger partial charge in [0.25, 0.3) is 0 Å². The number of nitrogens with two attached hydrogens (primary N) is 1. The Morgan fingerprint density at radius 3 is 2.70 bits per heavy atom. The van der Waals surface area contributed by atoms with Crippen LogP contribution in [-0.4, -0.2) is 20.9 Å². The summed E-state index contributed by atoms with van der Waals surface area (Å²) in [6, 6.07) is 5.60. The molecule has 2 fully saturated rings. The number of amides is 1. The quantitative estimate of drug-likeness (QED) is 0.499. The molecule has 4 unspecified atom stereocenters. The Kier molecular flexibility index (Phi) is 7.39. The number of hydrogen-bond acceptors (Lipinski definition) is 4. The lowest BCUT2D eigenvalue weighted by Gasteiger charge is -2.50. The molecule has 184 valence electrons. The summed E-state index contributed by atoms with van der Waals surface area (Å²) in [5.41, 5.74) is 2.59. The Morgan fingerprint density at radius 1 is 1.15 bits per heavy atom. The number of fused-ring (bicyclic) bond motifs is 5. The molecular formula is C26H40N2O4S. The number of rotatable bonds is 9. The number of hydrogen-bond donors (Lipinski definition) is 2. The van der Waals surface area contributed by atoms with Crippen LogP contribution in [0.1, 0.15) is 95.1 Å². The first kappa shape index (κ1) is 24.5. The monoisotopic (exact) mass is 476 g/mol. The van der Waals surface area contributed by atoms with Crippen LogP contribution in [0.3, 0.4) is 0 Å². The highest BCUT2D eigenvalue weighted by atomic mass is 32.2. The average molecular weight is 477 g/mol. The van der Waals surface area contributed by atoms with Crippen molar-refractivity contribution in [3.8, 4) is 5.75 Å². The summed E-state index contributed by atoms with van der Waals surface area (Å²) >= 11 is 0. The normalized spacial score (nSPS) is 30.8. The molecule has 0 radical (unpaired) electrons. The van der Waals surface area contributed by atoms with Gasteiger partial charge in [0.2, 0.25) is 5.91 Å². The molecule has 1 aromatic rings. The summed E-state index contributed by atoms with van der Waals surface area (Å²) in [5.74, 6) is 2.34. The lowest BCUT2D eigenvalue weighted by molar-refractivity contribution is -0.130. The molecule has 0 aliphatic heterocycles. The Labute approximate surface area is 199 Å². The molecule has 0 spiro atoms. The molecule has 33 heavy (non-hydrogen) atoms. The number of carbonyl (C=O) groups is 1. The molecule has 1 aromatic carbocycles. The predicted octanol–water partition coefficient (Wildman–Crippen LogP) is 4.83. The van der Waals surface area contributed by atoms with Gasteiger partial charge in [-0.15, -0.1) is 0 Å². The lowest BCUT2D eigenvalue weighted by atomic mass is 9.54. The van der Waals surface area contributed by atoms with Crippen LogP contribution < -0.4 is 14.6 Å². The highest BCUT2D eigenvalue weighted by molar-refractivity contribution is 7.84. The fourth-order valence-corrected chi connectivity index (χ4v) is 7.61. The van der Waals surface area contributed by atoms with Crippen molar-refractivity contribution in [3.63, 3.8) is 0 Å². The van der Waals surface area contributed by atoms with E-state index in [0.717, 1.165) is 51.5 Å². The van der Waals surface area contributed by atoms with Crippen molar-refractivity contribution in [2.75, 3.05) is 6.54 Å². The standard InChI is InChI=1S/C26H40N2O4S/c1-3-4-5-6-7-16-28-25(29)24-13-12-23-22-10-8-18-17-19(32-33(27,30)31)9-11-20(18)21(22)14-15-26(23,24)2/h9,11,17,21-24H,3-8,10,12-16H2,1-2H3,(H,28,29)(H2,27,30,31)/t21?,22?,23?,24-,26?/m1/s1. The highest BCUT2D eigenvalue weighted by Crippen LogP contribution is 2.63. The van der Waals surface area contributed by atoms with Gasteiger partial charge in [0.1, 0.15) is 5.75 Å². The van der Waals surface area contributed by atoms with Gasteiger partial charge < -0.3 is 9.50 Å². The second-order valence-corrected chi connectivity index (χ2v) is 11.9. The molecule has 7 heteroatoms. The van der Waals surface area contributed by atoms with E-state index in [1.807, 2.05) is 12.1 Å². The molecule has 3 aliphatic rings. The van der Waals surface area contributed by atoms with Crippen molar-refractivity contribution in [2.24, 2.45) is 28.3 Å². The average Bonchev–Trinajstić information content (AvgIpc) is 3.12.